The van der Waals surface area contributed by atoms with Gasteiger partial charge in [0.2, 0.25) is 0 Å². The van der Waals surface area contributed by atoms with Crippen LogP contribution in [0.5, 0.6) is 0 Å². The largest absolute Gasteiger partial charge is 0.378 e. The van der Waals surface area contributed by atoms with Gasteiger partial charge >= 0.3 is 0 Å². The molecule has 1 saturated carbocycles. The Morgan fingerprint density at radius 3 is 2.72 bits per heavy atom. The lowest BCUT2D eigenvalue weighted by Gasteiger charge is -2.54. The van der Waals surface area contributed by atoms with Gasteiger partial charge in [-0.1, -0.05) is 13.8 Å². The smallest absolute Gasteiger partial charge is 0.274 e. The SMILES string of the molecule is CCOC1CC(N(C)C(=O)c2nn(-c3ccc(F)c(F)c3)c3c2CCC3)C1(C)C. The molecule has 5 nitrogen and oxygen atoms in total. The van der Waals surface area contributed by atoms with Gasteiger partial charge in [-0.15, -0.1) is 0 Å². The third-order valence-corrected chi connectivity index (χ3v) is 6.56. The monoisotopic (exact) mass is 403 g/mol. The number of hydrogen-bond donors (Lipinski definition) is 0. The second-order valence-corrected chi connectivity index (χ2v) is 8.57. The zero-order chi connectivity index (χ0) is 20.9. The summed E-state index contributed by atoms with van der Waals surface area (Å²) in [5.41, 5.74) is 2.55. The standard InChI is InChI=1S/C22H27F2N3O2/c1-5-29-19-12-18(22(19,2)3)26(4)21(28)20-14-7-6-8-17(14)27(25-20)13-9-10-15(23)16(24)11-13/h9-11,18-19H,5-8,12H2,1-4H3. The van der Waals surface area contributed by atoms with Crippen LogP contribution in [0.2, 0.25) is 0 Å². The van der Waals surface area contributed by atoms with Crippen LogP contribution < -0.4 is 0 Å². The summed E-state index contributed by atoms with van der Waals surface area (Å²) in [7, 11) is 1.81. The molecule has 156 valence electrons. The van der Waals surface area contributed by atoms with Crippen molar-refractivity contribution < 1.29 is 18.3 Å². The van der Waals surface area contributed by atoms with E-state index in [9.17, 15) is 13.6 Å². The van der Waals surface area contributed by atoms with Crippen molar-refractivity contribution in [1.82, 2.24) is 14.7 Å². The minimum Gasteiger partial charge on any atom is -0.378 e. The molecule has 29 heavy (non-hydrogen) atoms. The fraction of sp³-hybridized carbons (Fsp3) is 0.545. The molecule has 1 heterocycles. The summed E-state index contributed by atoms with van der Waals surface area (Å²) in [6, 6.07) is 3.77. The van der Waals surface area contributed by atoms with E-state index in [1.54, 1.807) is 9.58 Å². The summed E-state index contributed by atoms with van der Waals surface area (Å²) >= 11 is 0. The lowest BCUT2D eigenvalue weighted by atomic mass is 9.63. The lowest BCUT2D eigenvalue weighted by molar-refractivity contribution is -0.136. The van der Waals surface area contributed by atoms with Gasteiger partial charge in [0.1, 0.15) is 0 Å². The lowest BCUT2D eigenvalue weighted by Crippen LogP contribution is -2.62. The van der Waals surface area contributed by atoms with Gasteiger partial charge in [0.05, 0.1) is 11.8 Å². The summed E-state index contributed by atoms with van der Waals surface area (Å²) in [5, 5.41) is 4.54. The highest BCUT2D eigenvalue weighted by Crippen LogP contribution is 2.46. The molecule has 4 rings (SSSR count). The predicted octanol–water partition coefficient (Wildman–Crippen LogP) is 3.91. The normalized spacial score (nSPS) is 22.3. The number of benzene rings is 1. The number of hydrogen-bond acceptors (Lipinski definition) is 3. The van der Waals surface area contributed by atoms with Crippen LogP contribution >= 0.6 is 0 Å². The molecule has 7 heteroatoms. The second kappa shape index (κ2) is 7.20. The molecule has 0 saturated heterocycles. The molecule has 0 spiro atoms. The maximum absolute atomic E-state index is 13.8. The Bertz CT molecular complexity index is 954. The third-order valence-electron chi connectivity index (χ3n) is 6.56. The fourth-order valence-corrected chi connectivity index (χ4v) is 4.75. The summed E-state index contributed by atoms with van der Waals surface area (Å²) in [6.07, 6.45) is 3.39. The van der Waals surface area contributed by atoms with Crippen molar-refractivity contribution in [1.29, 1.82) is 0 Å². The van der Waals surface area contributed by atoms with Crippen LogP contribution in [0.1, 0.15) is 55.4 Å². The average molecular weight is 403 g/mol. The quantitative estimate of drug-likeness (QED) is 0.760. The molecular formula is C22H27F2N3O2. The highest BCUT2D eigenvalue weighted by atomic mass is 19.2. The Morgan fingerprint density at radius 2 is 2.07 bits per heavy atom. The first-order chi connectivity index (χ1) is 13.8. The molecule has 1 fully saturated rings. The molecule has 0 N–H and O–H groups in total. The van der Waals surface area contributed by atoms with Crippen LogP contribution in [-0.2, 0) is 17.6 Å². The molecule has 0 bridgehead atoms. The summed E-state index contributed by atoms with van der Waals surface area (Å²) in [5.74, 6) is -1.95. The predicted molar refractivity (Wildman–Crippen MR) is 105 cm³/mol. The maximum Gasteiger partial charge on any atom is 0.274 e. The minimum atomic E-state index is -0.923. The first-order valence-corrected chi connectivity index (χ1v) is 10.2. The van der Waals surface area contributed by atoms with Crippen molar-refractivity contribution >= 4 is 5.91 Å². The van der Waals surface area contributed by atoms with Crippen LogP contribution in [0.4, 0.5) is 8.78 Å². The molecule has 2 aliphatic rings. The number of aromatic nitrogens is 2. The van der Waals surface area contributed by atoms with Gasteiger partial charge in [0.15, 0.2) is 17.3 Å². The van der Waals surface area contributed by atoms with Crippen LogP contribution in [0, 0.1) is 17.0 Å². The number of rotatable bonds is 5. The zero-order valence-electron chi connectivity index (χ0n) is 17.3. The van der Waals surface area contributed by atoms with Gasteiger partial charge in [0, 0.05) is 42.4 Å². The highest BCUT2D eigenvalue weighted by Gasteiger charge is 2.52. The van der Waals surface area contributed by atoms with Crippen LogP contribution in [0.25, 0.3) is 5.69 Å². The van der Waals surface area contributed by atoms with E-state index in [0.29, 0.717) is 18.0 Å². The van der Waals surface area contributed by atoms with Crippen LogP contribution in [0.15, 0.2) is 18.2 Å². The van der Waals surface area contributed by atoms with E-state index in [2.05, 4.69) is 18.9 Å². The number of halogens is 2. The Kier molecular flexibility index (Phi) is 4.97. The zero-order valence-corrected chi connectivity index (χ0v) is 17.3. The van der Waals surface area contributed by atoms with Crippen molar-refractivity contribution in [3.8, 4) is 5.69 Å². The molecule has 1 aromatic heterocycles. The first-order valence-electron chi connectivity index (χ1n) is 10.2. The van der Waals surface area contributed by atoms with E-state index in [0.717, 1.165) is 49.1 Å². The third kappa shape index (κ3) is 3.16. The number of nitrogens with zero attached hydrogens (tertiary/aromatic N) is 3. The van der Waals surface area contributed by atoms with E-state index in [1.807, 2.05) is 14.0 Å². The molecule has 0 radical (unpaired) electrons. The molecule has 0 aliphatic heterocycles. The van der Waals surface area contributed by atoms with Crippen molar-refractivity contribution in [3.63, 3.8) is 0 Å². The average Bonchev–Trinajstić information content (AvgIpc) is 3.29. The molecular weight excluding hydrogens is 376 g/mol. The molecule has 2 atom stereocenters. The maximum atomic E-state index is 13.8. The van der Waals surface area contributed by atoms with Gasteiger partial charge < -0.3 is 9.64 Å². The first kappa shape index (κ1) is 20.0. The minimum absolute atomic E-state index is 0.0667. The van der Waals surface area contributed by atoms with Crippen molar-refractivity contribution in [3.05, 3.63) is 46.8 Å². The van der Waals surface area contributed by atoms with E-state index in [-0.39, 0.29) is 23.5 Å². The summed E-state index contributed by atoms with van der Waals surface area (Å²) in [6.45, 7) is 6.88. The van der Waals surface area contributed by atoms with Gasteiger partial charge in [-0.2, -0.15) is 5.10 Å². The second-order valence-electron chi connectivity index (χ2n) is 8.57. The number of carbonyl (C=O) groups excluding carboxylic acids is 1. The van der Waals surface area contributed by atoms with Gasteiger partial charge in [-0.3, -0.25) is 4.79 Å². The summed E-state index contributed by atoms with van der Waals surface area (Å²) < 4.78 is 34.5. The van der Waals surface area contributed by atoms with E-state index >= 15 is 0 Å². The molecule has 1 amide bonds. The van der Waals surface area contributed by atoms with E-state index in [4.69, 9.17) is 4.74 Å². The van der Waals surface area contributed by atoms with E-state index in [1.165, 1.54) is 6.07 Å². The summed E-state index contributed by atoms with van der Waals surface area (Å²) in [4.78, 5) is 15.1. The van der Waals surface area contributed by atoms with Crippen LogP contribution in [0.3, 0.4) is 0 Å². The number of carbonyl (C=O) groups is 1. The number of fused-ring (bicyclic) bond motifs is 1. The van der Waals surface area contributed by atoms with Gasteiger partial charge in [-0.05, 0) is 44.7 Å². The van der Waals surface area contributed by atoms with Gasteiger partial charge in [-0.25, -0.2) is 13.5 Å². The van der Waals surface area contributed by atoms with Gasteiger partial charge in [0.25, 0.3) is 5.91 Å². The molecule has 2 unspecified atom stereocenters. The Morgan fingerprint density at radius 1 is 1.31 bits per heavy atom. The van der Waals surface area contributed by atoms with Crippen molar-refractivity contribution in [2.24, 2.45) is 5.41 Å². The molecule has 1 aromatic carbocycles. The Balaban J connectivity index is 1.64. The van der Waals surface area contributed by atoms with E-state index < -0.39 is 11.6 Å². The fourth-order valence-electron chi connectivity index (χ4n) is 4.75. The van der Waals surface area contributed by atoms with Crippen molar-refractivity contribution in [2.45, 2.75) is 58.6 Å². The van der Waals surface area contributed by atoms with Crippen molar-refractivity contribution in [2.75, 3.05) is 13.7 Å². The number of amides is 1. The Labute approximate surface area is 169 Å². The Hall–Kier alpha value is -2.28. The topological polar surface area (TPSA) is 47.4 Å². The number of ether oxygens (including phenoxy) is 1. The highest BCUT2D eigenvalue weighted by molar-refractivity contribution is 5.94. The molecule has 2 aliphatic carbocycles. The van der Waals surface area contributed by atoms with Crippen LogP contribution in [-0.4, -0.2) is 46.4 Å². The molecule has 2 aromatic rings.